The quantitative estimate of drug-likeness (QED) is 0.800. The lowest BCUT2D eigenvalue weighted by atomic mass is 9.91. The summed E-state index contributed by atoms with van der Waals surface area (Å²) in [5.74, 6) is -0.0390. The average molecular weight is 315 g/mol. The Kier molecular flexibility index (Phi) is 3.41. The first-order valence-corrected chi connectivity index (χ1v) is 8.28. The Bertz CT molecular complexity index is 659. The zero-order valence-corrected chi connectivity index (χ0v) is 13.3. The molecule has 0 radical (unpaired) electrons. The fourth-order valence-corrected chi connectivity index (χ4v) is 4.06. The van der Waals surface area contributed by atoms with Crippen molar-refractivity contribution in [3.8, 4) is 0 Å². The number of anilines is 1. The van der Waals surface area contributed by atoms with Crippen molar-refractivity contribution in [2.45, 2.75) is 43.6 Å². The van der Waals surface area contributed by atoms with Crippen LogP contribution in [0.3, 0.4) is 0 Å². The van der Waals surface area contributed by atoms with E-state index in [1.165, 1.54) is 7.11 Å². The van der Waals surface area contributed by atoms with Gasteiger partial charge in [-0.05, 0) is 42.9 Å². The third-order valence-electron chi connectivity index (χ3n) is 5.36. The Morgan fingerprint density at radius 1 is 1.35 bits per heavy atom. The number of fused-ring (bicyclic) bond motifs is 2. The molecule has 0 unspecified atom stereocenters. The third kappa shape index (κ3) is 2.17. The van der Waals surface area contributed by atoms with Crippen molar-refractivity contribution in [1.82, 2.24) is 0 Å². The van der Waals surface area contributed by atoms with Crippen LogP contribution >= 0.6 is 0 Å². The van der Waals surface area contributed by atoms with Crippen LogP contribution in [0.2, 0.25) is 0 Å². The smallest absolute Gasteiger partial charge is 0.309 e. The largest absolute Gasteiger partial charge is 0.469 e. The minimum Gasteiger partial charge on any atom is -0.469 e. The van der Waals surface area contributed by atoms with Gasteiger partial charge in [-0.3, -0.25) is 9.59 Å². The van der Waals surface area contributed by atoms with Crippen LogP contribution in [0.1, 0.15) is 36.8 Å². The highest BCUT2D eigenvalue weighted by molar-refractivity contribution is 6.11. The summed E-state index contributed by atoms with van der Waals surface area (Å²) < 4.78 is 10.3. The summed E-state index contributed by atoms with van der Waals surface area (Å²) >= 11 is 0. The fraction of sp³-hybridized carbons (Fsp3) is 0.556. The molecule has 5 nitrogen and oxygen atoms in total. The fourth-order valence-electron chi connectivity index (χ4n) is 4.06. The van der Waals surface area contributed by atoms with E-state index in [0.29, 0.717) is 13.2 Å². The summed E-state index contributed by atoms with van der Waals surface area (Å²) in [7, 11) is 1.40. The molecule has 1 amide bonds. The Morgan fingerprint density at radius 2 is 2.09 bits per heavy atom. The number of carbonyl (C=O) groups is 2. The molecule has 2 heterocycles. The number of ether oxygens (including phenoxy) is 2. The lowest BCUT2D eigenvalue weighted by Gasteiger charge is -2.32. The van der Waals surface area contributed by atoms with Gasteiger partial charge in [0.15, 0.2) is 0 Å². The highest BCUT2D eigenvalue weighted by atomic mass is 16.5. The van der Waals surface area contributed by atoms with E-state index >= 15 is 0 Å². The van der Waals surface area contributed by atoms with Crippen molar-refractivity contribution in [2.24, 2.45) is 0 Å². The van der Waals surface area contributed by atoms with Gasteiger partial charge < -0.3 is 14.4 Å². The van der Waals surface area contributed by atoms with E-state index in [9.17, 15) is 9.59 Å². The molecule has 1 saturated carbocycles. The van der Waals surface area contributed by atoms with Crippen molar-refractivity contribution in [1.29, 1.82) is 0 Å². The predicted molar refractivity (Wildman–Crippen MR) is 84.4 cm³/mol. The molecule has 1 spiro atoms. The van der Waals surface area contributed by atoms with Crippen molar-refractivity contribution in [2.75, 3.05) is 25.2 Å². The average Bonchev–Trinajstić information content (AvgIpc) is 3.33. The number of methoxy groups -OCH3 is 1. The number of nitrogens with zero attached hydrogens (tertiary/aromatic N) is 1. The molecule has 2 fully saturated rings. The Balaban J connectivity index is 1.76. The topological polar surface area (TPSA) is 55.8 Å². The zero-order valence-electron chi connectivity index (χ0n) is 13.3. The van der Waals surface area contributed by atoms with Gasteiger partial charge >= 0.3 is 5.97 Å². The summed E-state index contributed by atoms with van der Waals surface area (Å²) in [4.78, 5) is 26.9. The van der Waals surface area contributed by atoms with Gasteiger partial charge in [0.05, 0.1) is 18.9 Å². The summed E-state index contributed by atoms with van der Waals surface area (Å²) in [5.41, 5.74) is 2.63. The van der Waals surface area contributed by atoms with Gasteiger partial charge in [-0.2, -0.15) is 0 Å². The summed E-state index contributed by atoms with van der Waals surface area (Å²) in [6, 6.07) is 6.13. The molecule has 5 heteroatoms. The molecule has 1 aromatic carbocycles. The van der Waals surface area contributed by atoms with Crippen LogP contribution in [0.15, 0.2) is 18.2 Å². The maximum absolute atomic E-state index is 13.1. The molecule has 23 heavy (non-hydrogen) atoms. The van der Waals surface area contributed by atoms with Gasteiger partial charge in [-0.1, -0.05) is 12.1 Å². The highest BCUT2D eigenvalue weighted by Gasteiger charge is 2.61. The number of esters is 1. The molecule has 3 aliphatic rings. The van der Waals surface area contributed by atoms with E-state index in [-0.39, 0.29) is 29.8 Å². The molecular formula is C18H21NO4. The number of carbonyl (C=O) groups excluding carboxylic acids is 2. The van der Waals surface area contributed by atoms with Crippen molar-refractivity contribution < 1.29 is 19.1 Å². The molecule has 1 saturated heterocycles. The van der Waals surface area contributed by atoms with E-state index < -0.39 is 0 Å². The van der Waals surface area contributed by atoms with E-state index in [1.807, 2.05) is 23.1 Å². The zero-order chi connectivity index (χ0) is 16.0. The lowest BCUT2D eigenvalue weighted by molar-refractivity contribution is -0.139. The van der Waals surface area contributed by atoms with Gasteiger partial charge in [0.1, 0.15) is 0 Å². The first kappa shape index (κ1) is 14.7. The second-order valence-corrected chi connectivity index (χ2v) is 6.66. The molecule has 2 aliphatic heterocycles. The monoisotopic (exact) mass is 315 g/mol. The molecule has 0 aromatic heterocycles. The highest BCUT2D eigenvalue weighted by Crippen LogP contribution is 2.59. The SMILES string of the molecule is COC(=O)Cc1cccc2c1C1(CC1)C(=O)N2C1CCOCC1. The predicted octanol–water partition coefficient (Wildman–Crippen LogP) is 1.96. The minimum atomic E-state index is -0.377. The molecule has 0 N–H and O–H groups in total. The van der Waals surface area contributed by atoms with E-state index in [2.05, 4.69) is 0 Å². The lowest BCUT2D eigenvalue weighted by Crippen LogP contribution is -2.43. The van der Waals surface area contributed by atoms with Crippen LogP contribution in [0.25, 0.3) is 0 Å². The van der Waals surface area contributed by atoms with Crippen molar-refractivity contribution in [3.05, 3.63) is 29.3 Å². The maximum Gasteiger partial charge on any atom is 0.309 e. The third-order valence-corrected chi connectivity index (χ3v) is 5.36. The Hall–Kier alpha value is -1.88. The number of rotatable bonds is 3. The number of hydrogen-bond donors (Lipinski definition) is 0. The molecule has 0 atom stereocenters. The van der Waals surface area contributed by atoms with Crippen LogP contribution in [-0.4, -0.2) is 38.2 Å². The number of benzene rings is 1. The molecule has 1 aliphatic carbocycles. The number of amides is 1. The van der Waals surface area contributed by atoms with E-state index in [0.717, 1.165) is 42.5 Å². The first-order valence-electron chi connectivity index (χ1n) is 8.28. The summed E-state index contributed by atoms with van der Waals surface area (Å²) in [5, 5.41) is 0. The van der Waals surface area contributed by atoms with Crippen molar-refractivity contribution >= 4 is 17.6 Å². The van der Waals surface area contributed by atoms with Gasteiger partial charge in [0, 0.05) is 24.9 Å². The van der Waals surface area contributed by atoms with Gasteiger partial charge in [-0.15, -0.1) is 0 Å². The second-order valence-electron chi connectivity index (χ2n) is 6.66. The maximum atomic E-state index is 13.1. The molecule has 122 valence electrons. The van der Waals surface area contributed by atoms with Crippen LogP contribution in [0.4, 0.5) is 5.69 Å². The van der Waals surface area contributed by atoms with Gasteiger partial charge in [0.2, 0.25) is 5.91 Å². The van der Waals surface area contributed by atoms with Gasteiger partial charge in [-0.25, -0.2) is 0 Å². The van der Waals surface area contributed by atoms with Gasteiger partial charge in [0.25, 0.3) is 0 Å². The normalized spacial score (nSPS) is 22.3. The van der Waals surface area contributed by atoms with Crippen LogP contribution in [-0.2, 0) is 30.9 Å². The number of hydrogen-bond acceptors (Lipinski definition) is 4. The minimum absolute atomic E-state index is 0.211. The van der Waals surface area contributed by atoms with E-state index in [1.54, 1.807) is 0 Å². The Labute approximate surface area is 135 Å². The van der Waals surface area contributed by atoms with Crippen LogP contribution in [0.5, 0.6) is 0 Å². The Morgan fingerprint density at radius 3 is 2.74 bits per heavy atom. The molecule has 4 rings (SSSR count). The summed E-state index contributed by atoms with van der Waals surface area (Å²) in [6.07, 6.45) is 3.76. The van der Waals surface area contributed by atoms with Crippen LogP contribution in [0, 0.1) is 0 Å². The standard InChI is InChI=1S/C18H21NO4/c1-22-15(20)11-12-3-2-4-14-16(12)18(7-8-18)17(21)19(14)13-5-9-23-10-6-13/h2-4,13H,5-11H2,1H3. The summed E-state index contributed by atoms with van der Waals surface area (Å²) in [6.45, 7) is 1.41. The molecule has 1 aromatic rings. The molecule has 0 bridgehead atoms. The van der Waals surface area contributed by atoms with Crippen molar-refractivity contribution in [3.63, 3.8) is 0 Å². The van der Waals surface area contributed by atoms with Crippen LogP contribution < -0.4 is 4.90 Å². The second kappa shape index (κ2) is 5.34. The first-order chi connectivity index (χ1) is 11.2. The molecular weight excluding hydrogens is 294 g/mol. The van der Waals surface area contributed by atoms with E-state index in [4.69, 9.17) is 9.47 Å².